The number of benzene rings is 1. The van der Waals surface area contributed by atoms with Gasteiger partial charge in [-0.2, -0.15) is 22.0 Å². The third-order valence-electron chi connectivity index (χ3n) is 2.18. The molecule has 18 heavy (non-hydrogen) atoms. The monoisotopic (exact) mass is 266 g/mol. The zero-order valence-electron chi connectivity index (χ0n) is 9.31. The summed E-state index contributed by atoms with van der Waals surface area (Å²) in [7, 11) is 0. The molecular formula is C12H11F5O. The zero-order chi connectivity index (χ0) is 13.8. The first-order valence-electron chi connectivity index (χ1n) is 5.00. The first-order valence-corrected chi connectivity index (χ1v) is 5.00. The average molecular weight is 266 g/mol. The number of alkyl halides is 5. The highest BCUT2D eigenvalue weighted by Gasteiger charge is 2.57. The van der Waals surface area contributed by atoms with Crippen molar-refractivity contribution in [2.45, 2.75) is 18.7 Å². The Morgan fingerprint density at radius 2 is 1.61 bits per heavy atom. The quantitative estimate of drug-likeness (QED) is 0.731. The first-order chi connectivity index (χ1) is 8.26. The normalized spacial score (nSPS) is 12.5. The second-order valence-electron chi connectivity index (χ2n) is 3.64. The number of ether oxygens (including phenoxy) is 1. The highest BCUT2D eigenvalue weighted by atomic mass is 19.4. The van der Waals surface area contributed by atoms with Crippen LogP contribution in [0.3, 0.4) is 0 Å². The van der Waals surface area contributed by atoms with E-state index in [0.717, 1.165) is 5.56 Å². The molecule has 100 valence electrons. The lowest BCUT2D eigenvalue weighted by molar-refractivity contribution is -0.297. The van der Waals surface area contributed by atoms with Crippen molar-refractivity contribution in [3.63, 3.8) is 0 Å². The zero-order valence-corrected chi connectivity index (χ0v) is 9.31. The molecule has 6 heteroatoms. The summed E-state index contributed by atoms with van der Waals surface area (Å²) >= 11 is 0. The van der Waals surface area contributed by atoms with Crippen LogP contribution in [0.5, 0.6) is 0 Å². The fourth-order valence-corrected chi connectivity index (χ4v) is 1.13. The summed E-state index contributed by atoms with van der Waals surface area (Å²) in [6, 6.07) is 6.46. The molecule has 0 radical (unpaired) electrons. The summed E-state index contributed by atoms with van der Waals surface area (Å²) in [5.41, 5.74) is 1.33. The molecule has 0 atom stereocenters. The van der Waals surface area contributed by atoms with E-state index in [1.807, 2.05) is 0 Å². The second-order valence-corrected chi connectivity index (χ2v) is 3.64. The van der Waals surface area contributed by atoms with E-state index in [1.54, 1.807) is 30.3 Å². The lowest BCUT2D eigenvalue weighted by Gasteiger charge is -2.19. The van der Waals surface area contributed by atoms with E-state index in [9.17, 15) is 22.0 Å². The highest BCUT2D eigenvalue weighted by Crippen LogP contribution is 2.35. The van der Waals surface area contributed by atoms with Gasteiger partial charge < -0.3 is 4.74 Å². The molecule has 0 aliphatic rings. The van der Waals surface area contributed by atoms with Crippen molar-refractivity contribution in [1.82, 2.24) is 0 Å². The molecule has 1 aromatic carbocycles. The number of hydrogen-bond donors (Lipinski definition) is 0. The van der Waals surface area contributed by atoms with E-state index in [1.165, 1.54) is 0 Å². The summed E-state index contributed by atoms with van der Waals surface area (Å²) in [6.07, 6.45) is -4.00. The third kappa shape index (κ3) is 3.80. The third-order valence-corrected chi connectivity index (χ3v) is 2.18. The van der Waals surface area contributed by atoms with Gasteiger partial charge in [-0.25, -0.2) is 0 Å². The topological polar surface area (TPSA) is 9.23 Å². The Morgan fingerprint density at radius 1 is 1.06 bits per heavy atom. The van der Waals surface area contributed by atoms with Crippen molar-refractivity contribution in [3.05, 3.63) is 42.0 Å². The van der Waals surface area contributed by atoms with Crippen LogP contribution in [0.15, 0.2) is 30.8 Å². The molecule has 0 N–H and O–H groups in total. The van der Waals surface area contributed by atoms with E-state index in [-0.39, 0.29) is 6.61 Å². The van der Waals surface area contributed by atoms with Crippen molar-refractivity contribution >= 4 is 6.08 Å². The van der Waals surface area contributed by atoms with E-state index >= 15 is 0 Å². The molecule has 0 amide bonds. The molecule has 0 fully saturated rings. The highest BCUT2D eigenvalue weighted by molar-refractivity contribution is 5.47. The SMILES string of the molecule is C=Cc1ccc(COCC(F)(F)C(F)(F)F)cc1. The van der Waals surface area contributed by atoms with Gasteiger partial charge in [0.15, 0.2) is 0 Å². The summed E-state index contributed by atoms with van der Waals surface area (Å²) in [4.78, 5) is 0. The Morgan fingerprint density at radius 3 is 2.06 bits per heavy atom. The molecule has 1 aromatic rings. The molecule has 0 aliphatic heterocycles. The number of hydrogen-bond acceptors (Lipinski definition) is 1. The predicted molar refractivity (Wildman–Crippen MR) is 57.2 cm³/mol. The van der Waals surface area contributed by atoms with Gasteiger partial charge in [0.1, 0.15) is 6.61 Å². The second kappa shape index (κ2) is 5.48. The Bertz CT molecular complexity index is 394. The summed E-state index contributed by atoms with van der Waals surface area (Å²) in [5.74, 6) is -4.83. The van der Waals surface area contributed by atoms with E-state index in [0.29, 0.717) is 5.56 Å². The molecule has 0 aliphatic carbocycles. The Hall–Kier alpha value is -1.43. The van der Waals surface area contributed by atoms with E-state index in [2.05, 4.69) is 11.3 Å². The maximum Gasteiger partial charge on any atom is 0.455 e. The van der Waals surface area contributed by atoms with Gasteiger partial charge in [0.2, 0.25) is 0 Å². The minimum atomic E-state index is -5.58. The Balaban J connectivity index is 2.48. The standard InChI is InChI=1S/C12H11F5O/c1-2-9-3-5-10(6-4-9)7-18-8-11(13,14)12(15,16)17/h2-6H,1,7-8H2. The van der Waals surface area contributed by atoms with Gasteiger partial charge in [0, 0.05) is 0 Å². The molecule has 0 saturated carbocycles. The van der Waals surface area contributed by atoms with E-state index in [4.69, 9.17) is 0 Å². The largest absolute Gasteiger partial charge is 0.455 e. The van der Waals surface area contributed by atoms with Crippen LogP contribution in [0.4, 0.5) is 22.0 Å². The molecule has 0 heterocycles. The smallest absolute Gasteiger partial charge is 0.370 e. The van der Waals surface area contributed by atoms with Crippen LogP contribution in [0.1, 0.15) is 11.1 Å². The van der Waals surface area contributed by atoms with Crippen LogP contribution in [-0.4, -0.2) is 18.7 Å². The Kier molecular flexibility index (Phi) is 4.45. The molecule has 0 unspecified atom stereocenters. The van der Waals surface area contributed by atoms with Crippen LogP contribution in [0, 0.1) is 0 Å². The molecule has 0 saturated heterocycles. The van der Waals surface area contributed by atoms with Gasteiger partial charge in [0.05, 0.1) is 6.61 Å². The van der Waals surface area contributed by atoms with Crippen LogP contribution in [0.25, 0.3) is 6.08 Å². The lowest BCUT2D eigenvalue weighted by Crippen LogP contribution is -2.40. The maximum absolute atomic E-state index is 12.5. The van der Waals surface area contributed by atoms with Gasteiger partial charge in [-0.15, -0.1) is 0 Å². The molecule has 1 nitrogen and oxygen atoms in total. The first kappa shape index (κ1) is 14.6. The van der Waals surface area contributed by atoms with E-state index < -0.39 is 18.7 Å². The van der Waals surface area contributed by atoms with Gasteiger partial charge in [-0.3, -0.25) is 0 Å². The molecule has 0 spiro atoms. The fourth-order valence-electron chi connectivity index (χ4n) is 1.13. The van der Waals surface area contributed by atoms with Crippen molar-refractivity contribution in [2.24, 2.45) is 0 Å². The van der Waals surface area contributed by atoms with Gasteiger partial charge >= 0.3 is 12.1 Å². The van der Waals surface area contributed by atoms with Crippen LogP contribution >= 0.6 is 0 Å². The molecule has 0 bridgehead atoms. The molecular weight excluding hydrogens is 255 g/mol. The van der Waals surface area contributed by atoms with Gasteiger partial charge in [-0.1, -0.05) is 36.9 Å². The Labute approximate surface area is 101 Å². The molecule has 0 aromatic heterocycles. The van der Waals surface area contributed by atoms with Crippen molar-refractivity contribution in [2.75, 3.05) is 6.61 Å². The lowest BCUT2D eigenvalue weighted by atomic mass is 10.1. The molecule has 1 rings (SSSR count). The minimum Gasteiger partial charge on any atom is -0.370 e. The summed E-state index contributed by atoms with van der Waals surface area (Å²) < 4.78 is 64.8. The minimum absolute atomic E-state index is 0.302. The van der Waals surface area contributed by atoms with Crippen LogP contribution < -0.4 is 0 Å². The van der Waals surface area contributed by atoms with Gasteiger partial charge in [-0.05, 0) is 11.1 Å². The van der Waals surface area contributed by atoms with Crippen molar-refractivity contribution < 1.29 is 26.7 Å². The fraction of sp³-hybridized carbons (Fsp3) is 0.333. The maximum atomic E-state index is 12.5. The number of halogens is 5. The number of rotatable bonds is 5. The van der Waals surface area contributed by atoms with Crippen molar-refractivity contribution in [1.29, 1.82) is 0 Å². The predicted octanol–water partition coefficient (Wildman–Crippen LogP) is 4.04. The summed E-state index contributed by atoms with van der Waals surface area (Å²) in [6.45, 7) is 1.54. The van der Waals surface area contributed by atoms with Gasteiger partial charge in [0.25, 0.3) is 0 Å². The van der Waals surface area contributed by atoms with Crippen LogP contribution in [-0.2, 0) is 11.3 Å². The van der Waals surface area contributed by atoms with Crippen molar-refractivity contribution in [3.8, 4) is 0 Å². The summed E-state index contributed by atoms with van der Waals surface area (Å²) in [5, 5.41) is 0. The van der Waals surface area contributed by atoms with Crippen LogP contribution in [0.2, 0.25) is 0 Å². The average Bonchev–Trinajstić information content (AvgIpc) is 2.28.